The third-order valence-corrected chi connectivity index (χ3v) is 5.82. The SMILES string of the molecule is COC(=O)C1(c2ccc(-c3ccc(-c4c[nH]c(C(C)C)c4N)cc3)cc2)CC1. The summed E-state index contributed by atoms with van der Waals surface area (Å²) in [5.41, 5.74) is 13.2. The number of methoxy groups -OCH3 is 1. The molecule has 0 aliphatic heterocycles. The van der Waals surface area contributed by atoms with Gasteiger partial charge in [0, 0.05) is 17.5 Å². The molecule has 28 heavy (non-hydrogen) atoms. The Bertz CT molecular complexity index is 994. The van der Waals surface area contributed by atoms with Gasteiger partial charge in [0.15, 0.2) is 0 Å². The van der Waals surface area contributed by atoms with Crippen LogP contribution < -0.4 is 5.73 Å². The second-order valence-electron chi connectivity index (χ2n) is 7.91. The molecule has 4 heteroatoms. The van der Waals surface area contributed by atoms with Crippen molar-refractivity contribution in [3.05, 3.63) is 66.0 Å². The zero-order valence-electron chi connectivity index (χ0n) is 16.6. The highest BCUT2D eigenvalue weighted by Gasteiger charge is 2.52. The van der Waals surface area contributed by atoms with Crippen LogP contribution in [-0.4, -0.2) is 18.1 Å². The lowest BCUT2D eigenvalue weighted by Crippen LogP contribution is -2.21. The average Bonchev–Trinajstić information content (AvgIpc) is 3.44. The Hall–Kier alpha value is -3.01. The van der Waals surface area contributed by atoms with Crippen molar-refractivity contribution in [3.63, 3.8) is 0 Å². The van der Waals surface area contributed by atoms with E-state index in [1.807, 2.05) is 18.3 Å². The van der Waals surface area contributed by atoms with Crippen molar-refractivity contribution in [1.82, 2.24) is 4.98 Å². The number of aromatic amines is 1. The van der Waals surface area contributed by atoms with Gasteiger partial charge in [0.1, 0.15) is 0 Å². The summed E-state index contributed by atoms with van der Waals surface area (Å²) in [7, 11) is 1.46. The fourth-order valence-electron chi connectivity index (χ4n) is 3.92. The van der Waals surface area contributed by atoms with E-state index in [0.717, 1.165) is 52.0 Å². The molecule has 0 saturated heterocycles. The molecule has 0 amide bonds. The van der Waals surface area contributed by atoms with Crippen molar-refractivity contribution in [1.29, 1.82) is 0 Å². The fourth-order valence-corrected chi connectivity index (χ4v) is 3.92. The van der Waals surface area contributed by atoms with Crippen molar-refractivity contribution in [2.75, 3.05) is 12.8 Å². The Morgan fingerprint density at radius 1 is 1.00 bits per heavy atom. The number of hydrogen-bond donors (Lipinski definition) is 2. The maximum absolute atomic E-state index is 12.1. The first-order chi connectivity index (χ1) is 13.5. The highest BCUT2D eigenvalue weighted by molar-refractivity contribution is 5.87. The minimum absolute atomic E-state index is 0.130. The topological polar surface area (TPSA) is 68.1 Å². The highest BCUT2D eigenvalue weighted by atomic mass is 16.5. The molecular weight excluding hydrogens is 348 g/mol. The van der Waals surface area contributed by atoms with Crippen molar-refractivity contribution in [3.8, 4) is 22.3 Å². The number of nitrogen functional groups attached to an aromatic ring is 1. The van der Waals surface area contributed by atoms with E-state index in [-0.39, 0.29) is 5.97 Å². The average molecular weight is 374 g/mol. The molecule has 2 aromatic carbocycles. The number of aromatic nitrogens is 1. The van der Waals surface area contributed by atoms with Crippen LogP contribution in [-0.2, 0) is 14.9 Å². The predicted octanol–water partition coefficient (Wildman–Crippen LogP) is 5.26. The van der Waals surface area contributed by atoms with E-state index >= 15 is 0 Å². The van der Waals surface area contributed by atoms with E-state index in [2.05, 4.69) is 55.2 Å². The van der Waals surface area contributed by atoms with Crippen LogP contribution >= 0.6 is 0 Å². The zero-order valence-corrected chi connectivity index (χ0v) is 16.6. The molecule has 1 fully saturated rings. The smallest absolute Gasteiger partial charge is 0.316 e. The van der Waals surface area contributed by atoms with Gasteiger partial charge < -0.3 is 15.5 Å². The highest BCUT2D eigenvalue weighted by Crippen LogP contribution is 2.49. The number of anilines is 1. The summed E-state index contributed by atoms with van der Waals surface area (Å²) in [6.07, 6.45) is 3.71. The van der Waals surface area contributed by atoms with Gasteiger partial charge in [-0.2, -0.15) is 0 Å². The first kappa shape index (κ1) is 18.4. The van der Waals surface area contributed by atoms with Crippen molar-refractivity contribution in [2.45, 2.75) is 38.0 Å². The molecule has 0 bridgehead atoms. The van der Waals surface area contributed by atoms with Gasteiger partial charge in [-0.05, 0) is 41.0 Å². The van der Waals surface area contributed by atoms with Crippen LogP contribution in [0.25, 0.3) is 22.3 Å². The number of esters is 1. The monoisotopic (exact) mass is 374 g/mol. The van der Waals surface area contributed by atoms with Crippen LogP contribution in [0.2, 0.25) is 0 Å². The quantitative estimate of drug-likeness (QED) is 0.599. The molecule has 0 spiro atoms. The summed E-state index contributed by atoms with van der Waals surface area (Å²) in [5, 5.41) is 0. The number of nitrogens with one attached hydrogen (secondary N) is 1. The first-order valence-electron chi connectivity index (χ1n) is 9.73. The van der Waals surface area contributed by atoms with Crippen molar-refractivity contribution < 1.29 is 9.53 Å². The molecule has 3 aromatic rings. The molecule has 1 aromatic heterocycles. The summed E-state index contributed by atoms with van der Waals surface area (Å²) < 4.78 is 4.98. The molecule has 3 N–H and O–H groups in total. The van der Waals surface area contributed by atoms with E-state index < -0.39 is 5.41 Å². The van der Waals surface area contributed by atoms with E-state index in [0.29, 0.717) is 5.92 Å². The van der Waals surface area contributed by atoms with Crippen LogP contribution in [0, 0.1) is 0 Å². The van der Waals surface area contributed by atoms with E-state index in [1.165, 1.54) is 7.11 Å². The van der Waals surface area contributed by atoms with E-state index in [9.17, 15) is 4.79 Å². The minimum Gasteiger partial charge on any atom is -0.468 e. The van der Waals surface area contributed by atoms with Gasteiger partial charge in [0.2, 0.25) is 0 Å². The third-order valence-electron chi connectivity index (χ3n) is 5.82. The number of carbonyl (C=O) groups is 1. The van der Waals surface area contributed by atoms with Crippen LogP contribution in [0.1, 0.15) is 43.9 Å². The molecule has 0 atom stereocenters. The van der Waals surface area contributed by atoms with Gasteiger partial charge in [-0.25, -0.2) is 0 Å². The number of H-pyrrole nitrogens is 1. The van der Waals surface area contributed by atoms with Crippen molar-refractivity contribution >= 4 is 11.7 Å². The lowest BCUT2D eigenvalue weighted by atomic mass is 9.93. The standard InChI is InChI=1S/C24H26N2O2/c1-15(2)22-21(25)20(14-26-22)18-6-4-16(5-7-18)17-8-10-19(11-9-17)24(12-13-24)23(27)28-3/h4-11,14-15,26H,12-13,25H2,1-3H3. The van der Waals surface area contributed by atoms with Crippen LogP contribution in [0.5, 0.6) is 0 Å². The summed E-state index contributed by atoms with van der Waals surface area (Å²) >= 11 is 0. The molecule has 1 heterocycles. The molecule has 1 aliphatic rings. The molecular formula is C24H26N2O2. The van der Waals surface area contributed by atoms with Crippen LogP contribution in [0.15, 0.2) is 54.7 Å². The molecule has 4 rings (SSSR count). The van der Waals surface area contributed by atoms with Gasteiger partial charge in [0.05, 0.1) is 18.2 Å². The molecule has 4 nitrogen and oxygen atoms in total. The van der Waals surface area contributed by atoms with E-state index in [4.69, 9.17) is 10.5 Å². The first-order valence-corrected chi connectivity index (χ1v) is 9.73. The van der Waals surface area contributed by atoms with E-state index in [1.54, 1.807) is 0 Å². The lowest BCUT2D eigenvalue weighted by Gasteiger charge is -2.13. The maximum atomic E-state index is 12.1. The molecule has 1 saturated carbocycles. The van der Waals surface area contributed by atoms with Gasteiger partial charge in [0.25, 0.3) is 0 Å². The number of benzene rings is 2. The van der Waals surface area contributed by atoms with Gasteiger partial charge in [-0.3, -0.25) is 4.79 Å². The van der Waals surface area contributed by atoms with Gasteiger partial charge >= 0.3 is 5.97 Å². The Labute approximate surface area is 165 Å². The summed E-state index contributed by atoms with van der Waals surface area (Å²) in [4.78, 5) is 15.4. The second-order valence-corrected chi connectivity index (χ2v) is 7.91. The number of ether oxygens (including phenoxy) is 1. The number of hydrogen-bond acceptors (Lipinski definition) is 3. The number of rotatable bonds is 5. The molecule has 1 aliphatic carbocycles. The van der Waals surface area contributed by atoms with Crippen molar-refractivity contribution in [2.24, 2.45) is 0 Å². The second kappa shape index (κ2) is 6.86. The van der Waals surface area contributed by atoms with Gasteiger partial charge in [-0.1, -0.05) is 62.4 Å². The Kier molecular flexibility index (Phi) is 4.50. The van der Waals surface area contributed by atoms with Gasteiger partial charge in [-0.15, -0.1) is 0 Å². The Balaban J connectivity index is 1.57. The summed E-state index contributed by atoms with van der Waals surface area (Å²) in [5.74, 6) is 0.237. The predicted molar refractivity (Wildman–Crippen MR) is 113 cm³/mol. The minimum atomic E-state index is -0.420. The fraction of sp³-hybridized carbons (Fsp3) is 0.292. The zero-order chi connectivity index (χ0) is 19.9. The molecule has 0 radical (unpaired) electrons. The molecule has 0 unspecified atom stereocenters. The van der Waals surface area contributed by atoms with Crippen LogP contribution in [0.4, 0.5) is 5.69 Å². The number of nitrogens with two attached hydrogens (primary N) is 1. The third kappa shape index (κ3) is 2.99. The Morgan fingerprint density at radius 3 is 2.00 bits per heavy atom. The number of carbonyl (C=O) groups excluding carboxylic acids is 1. The normalized spacial score (nSPS) is 14.9. The molecule has 144 valence electrons. The lowest BCUT2D eigenvalue weighted by molar-refractivity contribution is -0.143. The maximum Gasteiger partial charge on any atom is 0.316 e. The largest absolute Gasteiger partial charge is 0.468 e. The Morgan fingerprint density at radius 2 is 1.54 bits per heavy atom. The van der Waals surface area contributed by atoms with Crippen LogP contribution in [0.3, 0.4) is 0 Å². The summed E-state index contributed by atoms with van der Waals surface area (Å²) in [6, 6.07) is 16.7. The summed E-state index contributed by atoms with van der Waals surface area (Å²) in [6.45, 7) is 4.26.